The predicted molar refractivity (Wildman–Crippen MR) is 83.4 cm³/mol. The number of nitrogens with two attached hydrogens (primary N) is 1. The molecule has 3 rings (SSSR count). The molecule has 7 nitrogen and oxygen atoms in total. The molecule has 0 bridgehead atoms. The van der Waals surface area contributed by atoms with Crippen LogP contribution in [-0.4, -0.2) is 56.7 Å². The molecule has 1 aromatic rings. The van der Waals surface area contributed by atoms with Crippen molar-refractivity contribution in [1.29, 1.82) is 0 Å². The van der Waals surface area contributed by atoms with E-state index in [1.54, 1.807) is 0 Å². The Balaban J connectivity index is 1.59. The lowest BCUT2D eigenvalue weighted by Gasteiger charge is -2.33. The first-order valence-corrected chi connectivity index (χ1v) is 9.14. The van der Waals surface area contributed by atoms with Gasteiger partial charge in [0.15, 0.2) is 0 Å². The summed E-state index contributed by atoms with van der Waals surface area (Å²) in [6.45, 7) is 3.19. The Morgan fingerprint density at radius 3 is 2.91 bits per heavy atom. The molecule has 3 N–H and O–H groups in total. The van der Waals surface area contributed by atoms with Crippen molar-refractivity contribution in [2.45, 2.75) is 29.9 Å². The minimum atomic E-state index is -3.79. The number of anilines is 1. The van der Waals surface area contributed by atoms with E-state index < -0.39 is 10.0 Å². The van der Waals surface area contributed by atoms with E-state index >= 15 is 0 Å². The van der Waals surface area contributed by atoms with Gasteiger partial charge in [0, 0.05) is 31.9 Å². The van der Waals surface area contributed by atoms with Crippen LogP contribution in [0.3, 0.4) is 0 Å². The molecule has 2 fully saturated rings. The summed E-state index contributed by atoms with van der Waals surface area (Å²) in [5.74, 6) is 0.432. The quantitative estimate of drug-likeness (QED) is 0.812. The molecular formula is C13H19ClN4O3S. The number of halogens is 1. The zero-order chi connectivity index (χ0) is 15.7. The molecule has 0 spiro atoms. The Morgan fingerprint density at radius 2 is 2.27 bits per heavy atom. The van der Waals surface area contributed by atoms with E-state index in [1.165, 1.54) is 25.1 Å². The highest BCUT2D eigenvalue weighted by atomic mass is 35.5. The second-order valence-corrected chi connectivity index (χ2v) is 7.61. The van der Waals surface area contributed by atoms with Crippen LogP contribution in [0.15, 0.2) is 17.2 Å². The van der Waals surface area contributed by atoms with Crippen LogP contribution in [0.1, 0.15) is 12.8 Å². The summed E-state index contributed by atoms with van der Waals surface area (Å²) in [6.07, 6.45) is 3.83. The van der Waals surface area contributed by atoms with Gasteiger partial charge in [0.2, 0.25) is 10.0 Å². The third kappa shape index (κ3) is 3.88. The highest BCUT2D eigenvalue weighted by Gasteiger charge is 2.32. The summed E-state index contributed by atoms with van der Waals surface area (Å²) in [4.78, 5) is 6.38. The van der Waals surface area contributed by atoms with Gasteiger partial charge in [-0.25, -0.2) is 18.5 Å². The Kier molecular flexibility index (Phi) is 4.56. The number of hydrogen-bond acceptors (Lipinski definition) is 6. The van der Waals surface area contributed by atoms with Crippen molar-refractivity contribution in [3.05, 3.63) is 17.3 Å². The maximum Gasteiger partial charge on any atom is 0.239 e. The van der Waals surface area contributed by atoms with Gasteiger partial charge in [-0.1, -0.05) is 11.6 Å². The highest BCUT2D eigenvalue weighted by Crippen LogP contribution is 2.28. The summed E-state index contributed by atoms with van der Waals surface area (Å²) < 4.78 is 28.2. The molecule has 1 aliphatic carbocycles. The number of morpholine rings is 1. The molecule has 9 heteroatoms. The van der Waals surface area contributed by atoms with Crippen molar-refractivity contribution in [1.82, 2.24) is 9.88 Å². The fourth-order valence-corrected chi connectivity index (χ4v) is 3.33. The summed E-state index contributed by atoms with van der Waals surface area (Å²) in [6, 6.07) is 2.02. The number of rotatable bonds is 5. The van der Waals surface area contributed by atoms with Gasteiger partial charge in [-0.15, -0.1) is 0 Å². The Labute approximate surface area is 134 Å². The predicted octanol–water partition coefficient (Wildman–Crippen LogP) is 0.658. The number of aromatic nitrogens is 1. The van der Waals surface area contributed by atoms with Crippen molar-refractivity contribution in [2.75, 3.05) is 31.6 Å². The number of ether oxygens (including phenoxy) is 1. The first kappa shape index (κ1) is 15.9. The second-order valence-electron chi connectivity index (χ2n) is 5.65. The van der Waals surface area contributed by atoms with Gasteiger partial charge in [-0.2, -0.15) is 0 Å². The molecule has 0 amide bonds. The Hall–Kier alpha value is -0.930. The number of hydrogen-bond donors (Lipinski definition) is 2. The maximum absolute atomic E-state index is 11.2. The van der Waals surface area contributed by atoms with Crippen LogP contribution < -0.4 is 10.5 Å². The summed E-state index contributed by atoms with van der Waals surface area (Å²) in [7, 11) is -3.79. The van der Waals surface area contributed by atoms with Gasteiger partial charge in [0.1, 0.15) is 10.7 Å². The first-order chi connectivity index (χ1) is 10.4. The van der Waals surface area contributed by atoms with Gasteiger partial charge in [-0.3, -0.25) is 4.90 Å². The minimum absolute atomic E-state index is 0.0742. The lowest BCUT2D eigenvalue weighted by Crippen LogP contribution is -2.46. The summed E-state index contributed by atoms with van der Waals surface area (Å²) >= 11 is 6.05. The van der Waals surface area contributed by atoms with Crippen LogP contribution in [0, 0.1) is 0 Å². The van der Waals surface area contributed by atoms with Crippen LogP contribution in [0.4, 0.5) is 5.82 Å². The van der Waals surface area contributed by atoms with Crippen molar-refractivity contribution in [2.24, 2.45) is 5.14 Å². The SMILES string of the molecule is NS(=O)(=O)c1cnc(NC[C@H]2CN(C3CC3)CCO2)c(Cl)c1. The number of nitrogens with zero attached hydrogens (tertiary/aromatic N) is 2. The molecule has 1 saturated carbocycles. The number of primary sulfonamides is 1. The fourth-order valence-electron chi connectivity index (χ4n) is 2.55. The van der Waals surface area contributed by atoms with Crippen molar-refractivity contribution in [3.63, 3.8) is 0 Å². The average molecular weight is 347 g/mol. The van der Waals surface area contributed by atoms with Crippen LogP contribution in [0.5, 0.6) is 0 Å². The molecular weight excluding hydrogens is 328 g/mol. The molecule has 1 atom stereocenters. The topological polar surface area (TPSA) is 97.6 Å². The van der Waals surface area contributed by atoms with E-state index in [1.807, 2.05) is 0 Å². The summed E-state index contributed by atoms with van der Waals surface area (Å²) in [5.41, 5.74) is 0. The standard InChI is InChI=1S/C13H19ClN4O3S/c14-12-5-11(22(15,19)20)7-17-13(12)16-6-10-8-18(3-4-21-10)9-1-2-9/h5,7,9-10H,1-4,6,8H2,(H,16,17)(H2,15,19,20)/t10-/m0/s1. The smallest absolute Gasteiger partial charge is 0.239 e. The first-order valence-electron chi connectivity index (χ1n) is 7.21. The molecule has 0 unspecified atom stereocenters. The normalized spacial score (nSPS) is 23.5. The lowest BCUT2D eigenvalue weighted by molar-refractivity contribution is -0.0241. The third-order valence-corrected chi connectivity index (χ3v) is 5.04. The van der Waals surface area contributed by atoms with E-state index in [0.29, 0.717) is 12.4 Å². The van der Waals surface area contributed by atoms with Crippen LogP contribution >= 0.6 is 11.6 Å². The number of pyridine rings is 1. The van der Waals surface area contributed by atoms with E-state index in [0.717, 1.165) is 25.7 Å². The molecule has 1 aliphatic heterocycles. The third-order valence-electron chi connectivity index (χ3n) is 3.88. The molecule has 2 heterocycles. The number of nitrogens with one attached hydrogen (secondary N) is 1. The highest BCUT2D eigenvalue weighted by molar-refractivity contribution is 7.89. The summed E-state index contributed by atoms with van der Waals surface area (Å²) in [5, 5.41) is 8.38. The molecule has 0 radical (unpaired) electrons. The van der Waals surface area contributed by atoms with Crippen molar-refractivity contribution >= 4 is 27.4 Å². The van der Waals surface area contributed by atoms with Gasteiger partial charge in [-0.05, 0) is 18.9 Å². The Bertz CT molecular complexity index is 651. The Morgan fingerprint density at radius 1 is 1.50 bits per heavy atom. The lowest BCUT2D eigenvalue weighted by atomic mass is 10.2. The monoisotopic (exact) mass is 346 g/mol. The molecule has 22 heavy (non-hydrogen) atoms. The van der Waals surface area contributed by atoms with Crippen LogP contribution in [-0.2, 0) is 14.8 Å². The van der Waals surface area contributed by atoms with Gasteiger partial charge in [0.05, 0.1) is 17.7 Å². The van der Waals surface area contributed by atoms with Gasteiger partial charge in [0.25, 0.3) is 0 Å². The largest absolute Gasteiger partial charge is 0.374 e. The molecule has 1 saturated heterocycles. The van der Waals surface area contributed by atoms with E-state index in [4.69, 9.17) is 21.5 Å². The average Bonchev–Trinajstić information content (AvgIpc) is 3.30. The van der Waals surface area contributed by atoms with E-state index in [-0.39, 0.29) is 16.0 Å². The zero-order valence-corrected chi connectivity index (χ0v) is 13.6. The molecule has 0 aromatic carbocycles. The number of sulfonamides is 1. The van der Waals surface area contributed by atoms with Gasteiger partial charge >= 0.3 is 0 Å². The molecule has 122 valence electrons. The molecule has 2 aliphatic rings. The van der Waals surface area contributed by atoms with Crippen LogP contribution in [0.2, 0.25) is 5.02 Å². The van der Waals surface area contributed by atoms with Crippen LogP contribution in [0.25, 0.3) is 0 Å². The van der Waals surface area contributed by atoms with Gasteiger partial charge < -0.3 is 10.1 Å². The van der Waals surface area contributed by atoms with E-state index in [9.17, 15) is 8.42 Å². The van der Waals surface area contributed by atoms with E-state index in [2.05, 4.69) is 15.2 Å². The molecule has 1 aromatic heterocycles. The van der Waals surface area contributed by atoms with Crippen molar-refractivity contribution in [3.8, 4) is 0 Å². The van der Waals surface area contributed by atoms with Crippen molar-refractivity contribution < 1.29 is 13.2 Å². The maximum atomic E-state index is 11.2. The fraction of sp³-hybridized carbons (Fsp3) is 0.615. The zero-order valence-electron chi connectivity index (χ0n) is 12.0. The second kappa shape index (κ2) is 6.29. The minimum Gasteiger partial charge on any atom is -0.374 e.